The molecule has 1 saturated heterocycles. The molecule has 5 nitrogen and oxygen atoms in total. The number of carbonyl (C=O) groups is 2. The molecule has 0 aromatic carbocycles. The van der Waals surface area contributed by atoms with Gasteiger partial charge in [-0.25, -0.2) is 4.98 Å². The third kappa shape index (κ3) is 3.35. The first kappa shape index (κ1) is 15.2. The number of carbonyl (C=O) groups excluding carboxylic acids is 2. The van der Waals surface area contributed by atoms with Crippen molar-refractivity contribution in [1.82, 2.24) is 9.88 Å². The van der Waals surface area contributed by atoms with E-state index in [9.17, 15) is 9.59 Å². The number of nitrogens with one attached hydrogen (secondary N) is 1. The van der Waals surface area contributed by atoms with E-state index < -0.39 is 6.04 Å². The van der Waals surface area contributed by atoms with Crippen molar-refractivity contribution < 1.29 is 9.59 Å². The maximum atomic E-state index is 11.0. The summed E-state index contributed by atoms with van der Waals surface area (Å²) in [4.78, 5) is 28.7. The minimum Gasteiger partial charge on any atom is -0.370 e. The van der Waals surface area contributed by atoms with Crippen LogP contribution in [0.5, 0.6) is 0 Å². The molecule has 1 N–H and O–H groups in total. The summed E-state index contributed by atoms with van der Waals surface area (Å²) in [5.41, 5.74) is 2.41. The van der Waals surface area contributed by atoms with Crippen LogP contribution >= 0.6 is 0 Å². The first-order valence-electron chi connectivity index (χ1n) is 8.17. The minimum atomic E-state index is -0.582. The number of hydrogen-bond donors (Lipinski definition) is 1. The van der Waals surface area contributed by atoms with Crippen LogP contribution in [0.3, 0.4) is 0 Å². The van der Waals surface area contributed by atoms with Gasteiger partial charge in [-0.05, 0) is 56.2 Å². The van der Waals surface area contributed by atoms with Crippen molar-refractivity contribution in [3.8, 4) is 0 Å². The Morgan fingerprint density at radius 3 is 3.00 bits per heavy atom. The number of rotatable bonds is 5. The summed E-state index contributed by atoms with van der Waals surface area (Å²) in [7, 11) is 0. The van der Waals surface area contributed by atoms with Crippen LogP contribution in [0.1, 0.15) is 30.5 Å². The number of fused-ring (bicyclic) bond motifs is 1. The van der Waals surface area contributed by atoms with Gasteiger partial charge in [-0.2, -0.15) is 0 Å². The average molecular weight is 301 g/mol. The first-order valence-corrected chi connectivity index (χ1v) is 8.17. The zero-order valence-electron chi connectivity index (χ0n) is 12.8. The number of hydrogen-bond acceptors (Lipinski definition) is 5. The maximum Gasteiger partial charge on any atom is 0.144 e. The second kappa shape index (κ2) is 7.01. The fourth-order valence-electron chi connectivity index (χ4n) is 3.52. The monoisotopic (exact) mass is 301 g/mol. The molecule has 0 saturated carbocycles. The van der Waals surface area contributed by atoms with Gasteiger partial charge in [0.15, 0.2) is 0 Å². The van der Waals surface area contributed by atoms with Crippen LogP contribution in [0.15, 0.2) is 12.1 Å². The van der Waals surface area contributed by atoms with Crippen LogP contribution in [-0.4, -0.2) is 48.1 Å². The van der Waals surface area contributed by atoms with E-state index >= 15 is 0 Å². The van der Waals surface area contributed by atoms with E-state index in [0.29, 0.717) is 5.92 Å². The van der Waals surface area contributed by atoms with Crippen LogP contribution in [0.2, 0.25) is 0 Å². The van der Waals surface area contributed by atoms with Crippen LogP contribution in [0.25, 0.3) is 0 Å². The van der Waals surface area contributed by atoms with E-state index in [1.807, 2.05) is 4.90 Å². The SMILES string of the molecule is O=CC(C=O)N1CCCC(Cc2ccc3c(n2)NCCC3)C1. The number of pyridine rings is 1. The molecule has 0 amide bonds. The summed E-state index contributed by atoms with van der Waals surface area (Å²) in [6, 6.07) is 3.73. The lowest BCUT2D eigenvalue weighted by molar-refractivity contribution is -0.121. The molecule has 0 radical (unpaired) electrons. The predicted molar refractivity (Wildman–Crippen MR) is 85.0 cm³/mol. The van der Waals surface area contributed by atoms with Gasteiger partial charge in [0.05, 0.1) is 0 Å². The Labute approximate surface area is 131 Å². The molecule has 3 heterocycles. The number of nitrogens with zero attached hydrogens (tertiary/aromatic N) is 2. The van der Waals surface area contributed by atoms with Gasteiger partial charge >= 0.3 is 0 Å². The third-order valence-corrected chi connectivity index (χ3v) is 4.70. The molecule has 1 unspecified atom stereocenters. The molecule has 5 heteroatoms. The van der Waals surface area contributed by atoms with Crippen LogP contribution in [0, 0.1) is 5.92 Å². The Morgan fingerprint density at radius 1 is 1.32 bits per heavy atom. The second-order valence-corrected chi connectivity index (χ2v) is 6.31. The number of aryl methyl sites for hydroxylation is 1. The van der Waals surface area contributed by atoms with Crippen molar-refractivity contribution in [2.75, 3.05) is 25.0 Å². The molecule has 0 aliphatic carbocycles. The Bertz CT molecular complexity index is 539. The largest absolute Gasteiger partial charge is 0.370 e. The molecule has 0 bridgehead atoms. The number of aldehydes is 2. The normalized spacial score (nSPS) is 22.0. The highest BCUT2D eigenvalue weighted by Crippen LogP contribution is 2.24. The van der Waals surface area contributed by atoms with Gasteiger partial charge in [0.2, 0.25) is 0 Å². The van der Waals surface area contributed by atoms with Crippen molar-refractivity contribution in [2.24, 2.45) is 5.92 Å². The third-order valence-electron chi connectivity index (χ3n) is 4.70. The fourth-order valence-corrected chi connectivity index (χ4v) is 3.52. The Balaban J connectivity index is 1.65. The molecule has 0 spiro atoms. The summed E-state index contributed by atoms with van der Waals surface area (Å²) < 4.78 is 0. The maximum absolute atomic E-state index is 11.0. The molecule has 1 atom stereocenters. The van der Waals surface area contributed by atoms with Crippen LogP contribution in [-0.2, 0) is 22.4 Å². The number of aromatic nitrogens is 1. The Morgan fingerprint density at radius 2 is 2.18 bits per heavy atom. The molecule has 2 aliphatic heterocycles. The average Bonchev–Trinajstić information content (AvgIpc) is 2.56. The number of piperidine rings is 1. The summed E-state index contributed by atoms with van der Waals surface area (Å²) >= 11 is 0. The number of anilines is 1. The van der Waals surface area contributed by atoms with Gasteiger partial charge in [-0.1, -0.05) is 6.07 Å². The molecule has 3 rings (SSSR count). The zero-order valence-corrected chi connectivity index (χ0v) is 12.8. The summed E-state index contributed by atoms with van der Waals surface area (Å²) in [5.74, 6) is 1.50. The first-order chi connectivity index (χ1) is 10.8. The van der Waals surface area contributed by atoms with E-state index in [0.717, 1.165) is 69.4 Å². The molecule has 1 aromatic heterocycles. The van der Waals surface area contributed by atoms with Gasteiger partial charge in [0.25, 0.3) is 0 Å². The molecule has 22 heavy (non-hydrogen) atoms. The lowest BCUT2D eigenvalue weighted by Crippen LogP contribution is -2.44. The van der Waals surface area contributed by atoms with Gasteiger partial charge < -0.3 is 14.9 Å². The summed E-state index contributed by atoms with van der Waals surface area (Å²) in [6.45, 7) is 2.63. The highest BCUT2D eigenvalue weighted by Gasteiger charge is 2.26. The topological polar surface area (TPSA) is 62.3 Å². The molecular weight excluding hydrogens is 278 g/mol. The predicted octanol–water partition coefficient (Wildman–Crippen LogP) is 1.46. The second-order valence-electron chi connectivity index (χ2n) is 6.31. The van der Waals surface area contributed by atoms with E-state index in [2.05, 4.69) is 17.4 Å². The Hall–Kier alpha value is -1.75. The summed E-state index contributed by atoms with van der Waals surface area (Å²) in [6.07, 6.45) is 6.85. The van der Waals surface area contributed by atoms with Gasteiger partial charge in [-0.15, -0.1) is 0 Å². The van der Waals surface area contributed by atoms with Crippen LogP contribution in [0.4, 0.5) is 5.82 Å². The molecule has 118 valence electrons. The highest BCUT2D eigenvalue weighted by atomic mass is 16.1. The summed E-state index contributed by atoms with van der Waals surface area (Å²) in [5, 5.41) is 3.37. The van der Waals surface area contributed by atoms with E-state index in [1.165, 1.54) is 12.0 Å². The van der Waals surface area contributed by atoms with Crippen molar-refractivity contribution in [3.63, 3.8) is 0 Å². The fraction of sp³-hybridized carbons (Fsp3) is 0.588. The Kier molecular flexibility index (Phi) is 4.83. The smallest absolute Gasteiger partial charge is 0.144 e. The van der Waals surface area contributed by atoms with E-state index in [4.69, 9.17) is 4.98 Å². The van der Waals surface area contributed by atoms with Crippen molar-refractivity contribution in [1.29, 1.82) is 0 Å². The molecule has 2 aliphatic rings. The van der Waals surface area contributed by atoms with E-state index in [1.54, 1.807) is 0 Å². The lowest BCUT2D eigenvalue weighted by Gasteiger charge is -2.34. The minimum absolute atomic E-state index is 0.463. The van der Waals surface area contributed by atoms with Crippen molar-refractivity contribution in [3.05, 3.63) is 23.4 Å². The zero-order chi connectivity index (χ0) is 15.4. The molecule has 1 aromatic rings. The van der Waals surface area contributed by atoms with Gasteiger partial charge in [0, 0.05) is 18.8 Å². The van der Waals surface area contributed by atoms with Crippen molar-refractivity contribution >= 4 is 18.4 Å². The molecule has 1 fully saturated rings. The van der Waals surface area contributed by atoms with Crippen LogP contribution < -0.4 is 5.32 Å². The number of likely N-dealkylation sites (tertiary alicyclic amines) is 1. The lowest BCUT2D eigenvalue weighted by atomic mass is 9.92. The molecular formula is C17H23N3O2. The van der Waals surface area contributed by atoms with Crippen molar-refractivity contribution in [2.45, 2.75) is 38.1 Å². The van der Waals surface area contributed by atoms with Gasteiger partial charge in [-0.3, -0.25) is 4.90 Å². The van der Waals surface area contributed by atoms with E-state index in [-0.39, 0.29) is 0 Å². The quantitative estimate of drug-likeness (QED) is 0.659. The van der Waals surface area contributed by atoms with Gasteiger partial charge in [0.1, 0.15) is 24.4 Å². The standard InChI is InChI=1S/C17H23N3O2/c21-11-16(12-22)20-8-2-3-13(10-20)9-15-6-5-14-4-1-7-18-17(14)19-15/h5-6,11-13,16H,1-4,7-10H2,(H,18,19). The highest BCUT2D eigenvalue weighted by molar-refractivity contribution is 5.82.